The van der Waals surface area contributed by atoms with Crippen LogP contribution in [0.2, 0.25) is 0 Å². The van der Waals surface area contributed by atoms with E-state index >= 15 is 0 Å². The van der Waals surface area contributed by atoms with E-state index in [4.69, 9.17) is 0 Å². The van der Waals surface area contributed by atoms with Crippen molar-refractivity contribution in [2.24, 2.45) is 5.92 Å². The molecule has 4 nitrogen and oxygen atoms in total. The Morgan fingerprint density at radius 3 is 2.71 bits per heavy atom. The van der Waals surface area contributed by atoms with E-state index in [2.05, 4.69) is 23.3 Å². The van der Waals surface area contributed by atoms with Gasteiger partial charge in [-0.05, 0) is 12.3 Å². The van der Waals surface area contributed by atoms with Crippen LogP contribution < -0.4 is 10.6 Å². The van der Waals surface area contributed by atoms with E-state index in [-0.39, 0.29) is 29.0 Å². The summed E-state index contributed by atoms with van der Waals surface area (Å²) in [6, 6.07) is -0.365. The number of thiol groups is 1. The maximum Gasteiger partial charge on any atom is 0.242 e. The van der Waals surface area contributed by atoms with Crippen molar-refractivity contribution >= 4 is 24.4 Å². The molecule has 0 radical (unpaired) electrons. The summed E-state index contributed by atoms with van der Waals surface area (Å²) in [4.78, 5) is 22.7. The molecule has 1 heterocycles. The molecular formula is C9H16N2O2S. The number of rotatable bonds is 3. The molecule has 1 fully saturated rings. The molecule has 0 aromatic carbocycles. The molecule has 14 heavy (non-hydrogen) atoms. The van der Waals surface area contributed by atoms with Gasteiger partial charge in [-0.1, -0.05) is 13.8 Å². The van der Waals surface area contributed by atoms with Crippen LogP contribution in [-0.2, 0) is 9.59 Å². The van der Waals surface area contributed by atoms with Crippen molar-refractivity contribution in [3.05, 3.63) is 0 Å². The Kier molecular flexibility index (Phi) is 3.80. The molecule has 1 saturated heterocycles. The van der Waals surface area contributed by atoms with Crippen molar-refractivity contribution in [3.63, 3.8) is 0 Å². The monoisotopic (exact) mass is 216 g/mol. The van der Waals surface area contributed by atoms with Gasteiger partial charge in [0.05, 0.1) is 5.25 Å². The van der Waals surface area contributed by atoms with Crippen molar-refractivity contribution in [3.8, 4) is 0 Å². The van der Waals surface area contributed by atoms with Crippen molar-refractivity contribution in [1.82, 2.24) is 10.6 Å². The first-order valence-corrected chi connectivity index (χ1v) is 5.30. The smallest absolute Gasteiger partial charge is 0.242 e. The third kappa shape index (κ3) is 2.64. The van der Waals surface area contributed by atoms with Gasteiger partial charge >= 0.3 is 0 Å². The molecule has 1 aliphatic heterocycles. The molecule has 0 aliphatic carbocycles. The zero-order valence-electron chi connectivity index (χ0n) is 8.41. The summed E-state index contributed by atoms with van der Waals surface area (Å²) in [6.07, 6.45) is 0.670. The van der Waals surface area contributed by atoms with Gasteiger partial charge in [0, 0.05) is 6.54 Å². The molecule has 80 valence electrons. The van der Waals surface area contributed by atoms with Crippen LogP contribution in [0.3, 0.4) is 0 Å². The van der Waals surface area contributed by atoms with Crippen molar-refractivity contribution in [2.75, 3.05) is 6.54 Å². The summed E-state index contributed by atoms with van der Waals surface area (Å²) in [6.45, 7) is 4.49. The largest absolute Gasteiger partial charge is 0.354 e. The predicted molar refractivity (Wildman–Crippen MR) is 57.2 cm³/mol. The SMILES string of the molecule is CC(C)C(S)C(=O)NC1CCNC1=O. The molecule has 0 spiro atoms. The summed E-state index contributed by atoms with van der Waals surface area (Å²) in [5.41, 5.74) is 0. The highest BCUT2D eigenvalue weighted by Crippen LogP contribution is 2.10. The van der Waals surface area contributed by atoms with Gasteiger partial charge in [0.1, 0.15) is 6.04 Å². The number of carbonyl (C=O) groups excluding carboxylic acids is 2. The molecular weight excluding hydrogens is 200 g/mol. The van der Waals surface area contributed by atoms with E-state index in [0.717, 1.165) is 0 Å². The van der Waals surface area contributed by atoms with E-state index in [1.807, 2.05) is 13.8 Å². The van der Waals surface area contributed by atoms with Crippen LogP contribution in [0.5, 0.6) is 0 Å². The Balaban J connectivity index is 2.44. The summed E-state index contributed by atoms with van der Waals surface area (Å²) in [7, 11) is 0. The molecule has 2 N–H and O–H groups in total. The number of nitrogens with one attached hydrogen (secondary N) is 2. The number of carbonyl (C=O) groups is 2. The Morgan fingerprint density at radius 1 is 1.64 bits per heavy atom. The van der Waals surface area contributed by atoms with Crippen molar-refractivity contribution in [1.29, 1.82) is 0 Å². The lowest BCUT2D eigenvalue weighted by Crippen LogP contribution is -2.44. The summed E-state index contributed by atoms with van der Waals surface area (Å²) in [5, 5.41) is 5.00. The fraction of sp³-hybridized carbons (Fsp3) is 0.778. The zero-order valence-corrected chi connectivity index (χ0v) is 9.30. The average molecular weight is 216 g/mol. The second-order valence-corrected chi connectivity index (χ2v) is 4.39. The Labute approximate surface area is 89.2 Å². The lowest BCUT2D eigenvalue weighted by atomic mass is 10.1. The summed E-state index contributed by atoms with van der Waals surface area (Å²) in [5.74, 6) is -0.0872. The normalized spacial score (nSPS) is 23.4. The first-order valence-electron chi connectivity index (χ1n) is 4.78. The van der Waals surface area contributed by atoms with Gasteiger partial charge in [0.25, 0.3) is 0 Å². The molecule has 1 rings (SSSR count). The third-order valence-electron chi connectivity index (χ3n) is 2.27. The van der Waals surface area contributed by atoms with E-state index in [1.165, 1.54) is 0 Å². The Hall–Kier alpha value is -0.710. The second kappa shape index (κ2) is 4.68. The van der Waals surface area contributed by atoms with Crippen LogP contribution >= 0.6 is 12.6 Å². The summed E-state index contributed by atoms with van der Waals surface area (Å²) >= 11 is 4.18. The summed E-state index contributed by atoms with van der Waals surface area (Å²) < 4.78 is 0. The van der Waals surface area contributed by atoms with Gasteiger partial charge in [-0.2, -0.15) is 12.6 Å². The van der Waals surface area contributed by atoms with Gasteiger partial charge in [0.2, 0.25) is 11.8 Å². The highest BCUT2D eigenvalue weighted by molar-refractivity contribution is 7.81. The molecule has 2 atom stereocenters. The van der Waals surface area contributed by atoms with Crippen LogP contribution in [-0.4, -0.2) is 29.7 Å². The molecule has 5 heteroatoms. The molecule has 2 unspecified atom stereocenters. The predicted octanol–water partition coefficient (Wildman–Crippen LogP) is -0.0545. The topological polar surface area (TPSA) is 58.2 Å². The zero-order chi connectivity index (χ0) is 10.7. The molecule has 2 amide bonds. The minimum absolute atomic E-state index is 0.0948. The van der Waals surface area contributed by atoms with E-state index in [9.17, 15) is 9.59 Å². The highest BCUT2D eigenvalue weighted by Gasteiger charge is 2.28. The molecule has 0 saturated carbocycles. The van der Waals surface area contributed by atoms with Crippen LogP contribution in [0.25, 0.3) is 0 Å². The van der Waals surface area contributed by atoms with Crippen molar-refractivity contribution < 1.29 is 9.59 Å². The lowest BCUT2D eigenvalue weighted by molar-refractivity contribution is -0.127. The standard InChI is InChI=1S/C9H16N2O2S/c1-5(2)7(14)9(13)11-6-3-4-10-8(6)12/h5-7,14H,3-4H2,1-2H3,(H,10,12)(H,11,13). The van der Waals surface area contributed by atoms with Crippen molar-refractivity contribution in [2.45, 2.75) is 31.6 Å². The fourth-order valence-electron chi connectivity index (χ4n) is 1.29. The van der Waals surface area contributed by atoms with Crippen LogP contribution in [0.15, 0.2) is 0 Å². The molecule has 1 aliphatic rings. The number of hydrogen-bond acceptors (Lipinski definition) is 3. The minimum atomic E-state index is -0.365. The quantitative estimate of drug-likeness (QED) is 0.579. The van der Waals surface area contributed by atoms with Crippen LogP contribution in [0.1, 0.15) is 20.3 Å². The van der Waals surface area contributed by atoms with Gasteiger partial charge in [0.15, 0.2) is 0 Å². The number of hydrogen-bond donors (Lipinski definition) is 3. The molecule has 0 aromatic rings. The first kappa shape index (κ1) is 11.4. The lowest BCUT2D eigenvalue weighted by Gasteiger charge is -2.16. The Bertz CT molecular complexity index is 243. The van der Waals surface area contributed by atoms with Crippen LogP contribution in [0.4, 0.5) is 0 Å². The molecule has 0 aromatic heterocycles. The molecule has 0 bridgehead atoms. The maximum atomic E-state index is 11.5. The maximum absolute atomic E-state index is 11.5. The van der Waals surface area contributed by atoms with Gasteiger partial charge in [-0.25, -0.2) is 0 Å². The van der Waals surface area contributed by atoms with Gasteiger partial charge in [-0.3, -0.25) is 9.59 Å². The van der Waals surface area contributed by atoms with Gasteiger partial charge < -0.3 is 10.6 Å². The van der Waals surface area contributed by atoms with Gasteiger partial charge in [-0.15, -0.1) is 0 Å². The van der Waals surface area contributed by atoms with E-state index < -0.39 is 0 Å². The fourth-order valence-corrected chi connectivity index (χ4v) is 1.37. The highest BCUT2D eigenvalue weighted by atomic mass is 32.1. The Morgan fingerprint density at radius 2 is 2.29 bits per heavy atom. The second-order valence-electron chi connectivity index (χ2n) is 3.83. The van der Waals surface area contributed by atoms with Crippen LogP contribution in [0, 0.1) is 5.92 Å². The average Bonchev–Trinajstić information content (AvgIpc) is 2.50. The number of amides is 2. The van der Waals surface area contributed by atoms with E-state index in [1.54, 1.807) is 0 Å². The minimum Gasteiger partial charge on any atom is -0.354 e. The van der Waals surface area contributed by atoms with E-state index in [0.29, 0.717) is 13.0 Å². The third-order valence-corrected chi connectivity index (χ3v) is 3.10. The first-order chi connectivity index (χ1) is 6.52.